The molecular formula is C13H20ClNO2S. The molecule has 0 aliphatic heterocycles. The molecule has 0 saturated heterocycles. The molecule has 1 rings (SSSR count). The standard InChI is InChI=1S/C13H20ClNO2S/c1-2-18(16,17)9-3-4-12(10-15)11-5-7-13(14)8-6-11/h5-8,12H,2-4,9-10,15H2,1H3. The molecule has 3 nitrogen and oxygen atoms in total. The first-order valence-corrected chi connectivity index (χ1v) is 8.34. The Morgan fingerprint density at radius 1 is 1.28 bits per heavy atom. The highest BCUT2D eigenvalue weighted by Gasteiger charge is 2.12. The molecule has 0 radical (unpaired) electrons. The van der Waals surface area contributed by atoms with E-state index in [1.807, 2.05) is 24.3 Å². The fraction of sp³-hybridized carbons (Fsp3) is 0.538. The minimum Gasteiger partial charge on any atom is -0.330 e. The number of nitrogens with two attached hydrogens (primary N) is 1. The van der Waals surface area contributed by atoms with Crippen LogP contribution in [0.15, 0.2) is 24.3 Å². The van der Waals surface area contributed by atoms with Gasteiger partial charge < -0.3 is 5.73 Å². The van der Waals surface area contributed by atoms with Gasteiger partial charge in [0, 0.05) is 10.8 Å². The summed E-state index contributed by atoms with van der Waals surface area (Å²) in [5, 5.41) is 0.697. The van der Waals surface area contributed by atoms with Crippen molar-refractivity contribution in [2.24, 2.45) is 5.73 Å². The average Bonchev–Trinajstić information content (AvgIpc) is 2.36. The summed E-state index contributed by atoms with van der Waals surface area (Å²) in [5.74, 6) is 0.656. The minimum atomic E-state index is -2.87. The molecule has 1 atom stereocenters. The molecule has 0 spiro atoms. The van der Waals surface area contributed by atoms with Crippen molar-refractivity contribution < 1.29 is 8.42 Å². The van der Waals surface area contributed by atoms with Crippen LogP contribution in [-0.2, 0) is 9.84 Å². The van der Waals surface area contributed by atoms with Crippen molar-refractivity contribution >= 4 is 21.4 Å². The van der Waals surface area contributed by atoms with Crippen molar-refractivity contribution in [3.8, 4) is 0 Å². The predicted molar refractivity (Wildman–Crippen MR) is 76.8 cm³/mol. The minimum absolute atomic E-state index is 0.203. The number of rotatable bonds is 7. The third kappa shape index (κ3) is 4.96. The molecule has 102 valence electrons. The van der Waals surface area contributed by atoms with Crippen molar-refractivity contribution in [2.75, 3.05) is 18.1 Å². The van der Waals surface area contributed by atoms with Gasteiger partial charge in [-0.25, -0.2) is 8.42 Å². The first kappa shape index (κ1) is 15.5. The second-order valence-electron chi connectivity index (χ2n) is 4.36. The Kier molecular flexibility index (Phi) is 6.12. The van der Waals surface area contributed by atoms with Crippen molar-refractivity contribution in [1.29, 1.82) is 0 Å². The van der Waals surface area contributed by atoms with Gasteiger partial charge in [0.25, 0.3) is 0 Å². The highest BCUT2D eigenvalue weighted by atomic mass is 35.5. The van der Waals surface area contributed by atoms with Crippen molar-refractivity contribution in [2.45, 2.75) is 25.7 Å². The smallest absolute Gasteiger partial charge is 0.150 e. The van der Waals surface area contributed by atoms with Crippen molar-refractivity contribution in [3.05, 3.63) is 34.9 Å². The molecule has 1 aromatic rings. The summed E-state index contributed by atoms with van der Waals surface area (Å²) < 4.78 is 22.8. The molecular weight excluding hydrogens is 270 g/mol. The Morgan fingerprint density at radius 2 is 1.89 bits per heavy atom. The van der Waals surface area contributed by atoms with Crippen LogP contribution in [0.25, 0.3) is 0 Å². The number of sulfone groups is 1. The van der Waals surface area contributed by atoms with Gasteiger partial charge in [-0.15, -0.1) is 0 Å². The first-order valence-electron chi connectivity index (χ1n) is 6.14. The van der Waals surface area contributed by atoms with E-state index in [0.29, 0.717) is 18.0 Å². The topological polar surface area (TPSA) is 60.2 Å². The normalized spacial score (nSPS) is 13.5. The predicted octanol–water partition coefficient (Wildman–Crippen LogP) is 2.60. The van der Waals surface area contributed by atoms with Gasteiger partial charge in [0.05, 0.1) is 5.75 Å². The average molecular weight is 290 g/mol. The number of hydrogen-bond acceptors (Lipinski definition) is 3. The lowest BCUT2D eigenvalue weighted by Gasteiger charge is -2.15. The SMILES string of the molecule is CCS(=O)(=O)CCCC(CN)c1ccc(Cl)cc1. The fourth-order valence-corrected chi connectivity index (χ4v) is 2.87. The molecule has 0 amide bonds. The van der Waals surface area contributed by atoms with Crippen LogP contribution in [0.3, 0.4) is 0 Å². The molecule has 0 aromatic heterocycles. The summed E-state index contributed by atoms with van der Waals surface area (Å²) in [7, 11) is -2.87. The first-order chi connectivity index (χ1) is 8.48. The van der Waals surface area contributed by atoms with Crippen LogP contribution in [0.2, 0.25) is 5.02 Å². The van der Waals surface area contributed by atoms with Gasteiger partial charge in [-0.05, 0) is 43.0 Å². The van der Waals surface area contributed by atoms with E-state index >= 15 is 0 Å². The summed E-state index contributed by atoms with van der Waals surface area (Å²) in [4.78, 5) is 0. The monoisotopic (exact) mass is 289 g/mol. The van der Waals surface area contributed by atoms with E-state index in [1.165, 1.54) is 0 Å². The summed E-state index contributed by atoms with van der Waals surface area (Å²) in [6.07, 6.45) is 1.44. The Labute approximate surface area is 114 Å². The van der Waals surface area contributed by atoms with E-state index in [1.54, 1.807) is 6.92 Å². The maximum atomic E-state index is 11.4. The lowest BCUT2D eigenvalue weighted by atomic mass is 9.95. The molecule has 1 aromatic carbocycles. The van der Waals surface area contributed by atoms with E-state index in [0.717, 1.165) is 12.0 Å². The molecule has 0 bridgehead atoms. The molecule has 2 N–H and O–H groups in total. The summed E-state index contributed by atoms with van der Waals surface area (Å²) >= 11 is 5.83. The van der Waals surface area contributed by atoms with Gasteiger partial charge in [-0.3, -0.25) is 0 Å². The largest absolute Gasteiger partial charge is 0.330 e. The Hall–Kier alpha value is -0.580. The molecule has 0 saturated carbocycles. The second kappa shape index (κ2) is 7.12. The molecule has 0 aliphatic rings. The van der Waals surface area contributed by atoms with Crippen molar-refractivity contribution in [3.63, 3.8) is 0 Å². The second-order valence-corrected chi connectivity index (χ2v) is 7.27. The fourth-order valence-electron chi connectivity index (χ4n) is 1.85. The van der Waals surface area contributed by atoms with Crippen LogP contribution in [0.1, 0.15) is 31.2 Å². The van der Waals surface area contributed by atoms with E-state index in [2.05, 4.69) is 0 Å². The molecule has 0 aliphatic carbocycles. The zero-order valence-corrected chi connectivity index (χ0v) is 12.2. The van der Waals surface area contributed by atoms with Gasteiger partial charge in [-0.2, -0.15) is 0 Å². The molecule has 5 heteroatoms. The van der Waals surface area contributed by atoms with Crippen LogP contribution in [-0.4, -0.2) is 26.5 Å². The van der Waals surface area contributed by atoms with Gasteiger partial charge in [-0.1, -0.05) is 30.7 Å². The summed E-state index contributed by atoms with van der Waals surface area (Å²) in [6, 6.07) is 7.58. The highest BCUT2D eigenvalue weighted by Crippen LogP contribution is 2.22. The van der Waals surface area contributed by atoms with Crippen LogP contribution < -0.4 is 5.73 Å². The molecule has 0 heterocycles. The van der Waals surface area contributed by atoms with Gasteiger partial charge in [0.15, 0.2) is 0 Å². The third-order valence-corrected chi connectivity index (χ3v) is 5.12. The zero-order chi connectivity index (χ0) is 13.6. The Balaban J connectivity index is 2.55. The van der Waals surface area contributed by atoms with E-state index in [9.17, 15) is 8.42 Å². The quantitative estimate of drug-likeness (QED) is 0.839. The summed E-state index contributed by atoms with van der Waals surface area (Å²) in [6.45, 7) is 2.20. The molecule has 18 heavy (non-hydrogen) atoms. The summed E-state index contributed by atoms with van der Waals surface area (Å²) in [5.41, 5.74) is 6.86. The van der Waals surface area contributed by atoms with E-state index in [4.69, 9.17) is 17.3 Å². The number of halogens is 1. The van der Waals surface area contributed by atoms with Crippen LogP contribution >= 0.6 is 11.6 Å². The van der Waals surface area contributed by atoms with Crippen LogP contribution in [0, 0.1) is 0 Å². The van der Waals surface area contributed by atoms with Crippen molar-refractivity contribution in [1.82, 2.24) is 0 Å². The number of hydrogen-bond donors (Lipinski definition) is 1. The maximum absolute atomic E-state index is 11.4. The van der Waals surface area contributed by atoms with Gasteiger partial charge >= 0.3 is 0 Å². The zero-order valence-electron chi connectivity index (χ0n) is 10.6. The molecule has 0 fully saturated rings. The molecule has 1 unspecified atom stereocenters. The highest BCUT2D eigenvalue weighted by molar-refractivity contribution is 7.91. The van der Waals surface area contributed by atoms with Gasteiger partial charge in [0.1, 0.15) is 9.84 Å². The Morgan fingerprint density at radius 3 is 2.39 bits per heavy atom. The maximum Gasteiger partial charge on any atom is 0.150 e. The van der Waals surface area contributed by atoms with Crippen LogP contribution in [0.4, 0.5) is 0 Å². The Bertz CT molecular complexity index is 456. The van der Waals surface area contributed by atoms with E-state index < -0.39 is 9.84 Å². The lowest BCUT2D eigenvalue weighted by molar-refractivity contribution is 0.581. The third-order valence-electron chi connectivity index (χ3n) is 3.07. The lowest BCUT2D eigenvalue weighted by Crippen LogP contribution is -2.15. The van der Waals surface area contributed by atoms with Crippen LogP contribution in [0.5, 0.6) is 0 Å². The van der Waals surface area contributed by atoms with E-state index in [-0.39, 0.29) is 17.4 Å². The number of benzene rings is 1. The van der Waals surface area contributed by atoms with Gasteiger partial charge in [0.2, 0.25) is 0 Å².